The van der Waals surface area contributed by atoms with Gasteiger partial charge in [-0.2, -0.15) is 13.2 Å². The summed E-state index contributed by atoms with van der Waals surface area (Å²) in [7, 11) is 1.98. The van der Waals surface area contributed by atoms with Crippen molar-refractivity contribution in [1.29, 1.82) is 0 Å². The van der Waals surface area contributed by atoms with Gasteiger partial charge in [-0.15, -0.1) is 12.4 Å². The van der Waals surface area contributed by atoms with Crippen LogP contribution in [-0.2, 0) is 13.2 Å². The molecule has 0 saturated heterocycles. The maximum atomic E-state index is 13.1. The highest BCUT2D eigenvalue weighted by molar-refractivity contribution is 5.93. The molecule has 0 spiro atoms. The van der Waals surface area contributed by atoms with Gasteiger partial charge in [0.15, 0.2) is 0 Å². The average Bonchev–Trinajstić information content (AvgIpc) is 3.31. The van der Waals surface area contributed by atoms with Crippen LogP contribution in [0, 0.1) is 5.92 Å². The number of halogens is 4. The number of aryl methyl sites for hydroxylation is 1. The second-order valence-electron chi connectivity index (χ2n) is 7.37. The quantitative estimate of drug-likeness (QED) is 0.309. The minimum absolute atomic E-state index is 0. The Kier molecular flexibility index (Phi) is 5.31. The van der Waals surface area contributed by atoms with Crippen molar-refractivity contribution in [2.45, 2.75) is 6.18 Å². The van der Waals surface area contributed by atoms with Crippen molar-refractivity contribution in [3.8, 4) is 0 Å². The van der Waals surface area contributed by atoms with E-state index in [-0.39, 0.29) is 12.4 Å². The molecule has 0 aliphatic rings. The maximum Gasteiger partial charge on any atom is 0.416 e. The molecule has 2 heterocycles. The fourth-order valence-corrected chi connectivity index (χ4v) is 4.10. The molecule has 6 heteroatoms. The largest absolute Gasteiger partial charge is 0.416 e. The van der Waals surface area contributed by atoms with Crippen LogP contribution in [0.1, 0.15) is 22.3 Å². The van der Waals surface area contributed by atoms with Crippen molar-refractivity contribution < 1.29 is 13.2 Å². The van der Waals surface area contributed by atoms with Crippen molar-refractivity contribution in [2.24, 2.45) is 7.05 Å². The summed E-state index contributed by atoms with van der Waals surface area (Å²) in [6.45, 7) is 0. The van der Waals surface area contributed by atoms with Crippen molar-refractivity contribution in [2.75, 3.05) is 0 Å². The number of para-hydroxylation sites is 2. The average molecular weight is 440 g/mol. The minimum Gasteiger partial charge on any atom is -0.361 e. The van der Waals surface area contributed by atoms with Crippen LogP contribution in [0.25, 0.3) is 21.8 Å². The van der Waals surface area contributed by atoms with Crippen LogP contribution < -0.4 is 0 Å². The zero-order valence-corrected chi connectivity index (χ0v) is 17.4. The molecule has 5 rings (SSSR count). The Morgan fingerprint density at radius 2 is 1.45 bits per heavy atom. The second-order valence-corrected chi connectivity index (χ2v) is 7.37. The van der Waals surface area contributed by atoms with Crippen molar-refractivity contribution in [3.63, 3.8) is 0 Å². The van der Waals surface area contributed by atoms with E-state index in [2.05, 4.69) is 4.98 Å². The number of nitrogens with one attached hydrogen (secondary N) is 1. The van der Waals surface area contributed by atoms with Gasteiger partial charge in [-0.25, -0.2) is 0 Å². The summed E-state index contributed by atoms with van der Waals surface area (Å²) in [6, 6.07) is 21.4. The van der Waals surface area contributed by atoms with Gasteiger partial charge in [0, 0.05) is 41.2 Å². The Balaban J connectivity index is 0.00000231. The van der Waals surface area contributed by atoms with Gasteiger partial charge in [-0.1, -0.05) is 48.5 Å². The molecule has 0 unspecified atom stereocenters. The van der Waals surface area contributed by atoms with Gasteiger partial charge in [0.05, 0.1) is 11.5 Å². The molecule has 0 fully saturated rings. The monoisotopic (exact) mass is 439 g/mol. The van der Waals surface area contributed by atoms with Crippen molar-refractivity contribution in [1.82, 2.24) is 9.55 Å². The van der Waals surface area contributed by atoms with E-state index in [4.69, 9.17) is 0 Å². The lowest BCUT2D eigenvalue weighted by molar-refractivity contribution is -0.137. The van der Waals surface area contributed by atoms with Gasteiger partial charge in [0.2, 0.25) is 0 Å². The summed E-state index contributed by atoms with van der Waals surface area (Å²) in [5, 5.41) is 2.08. The number of fused-ring (bicyclic) bond motifs is 2. The number of hydrogen-bond acceptors (Lipinski definition) is 0. The van der Waals surface area contributed by atoms with Crippen LogP contribution in [0.3, 0.4) is 0 Å². The SMILES string of the molecule is Cl.Cn1cc([C](c2ccc(C(F)(F)F)cc2)c2c[nH]c3ccccc23)c2ccccc21. The molecule has 0 amide bonds. The predicted octanol–water partition coefficient (Wildman–Crippen LogP) is 7.12. The third-order valence-electron chi connectivity index (χ3n) is 5.53. The summed E-state index contributed by atoms with van der Waals surface area (Å²) < 4.78 is 41.4. The third kappa shape index (κ3) is 3.59. The molecule has 1 N–H and O–H groups in total. The first kappa shape index (κ1) is 21.1. The molecule has 2 aromatic heterocycles. The zero-order chi connectivity index (χ0) is 20.9. The molecular formula is C25H19ClF3N2. The van der Waals surface area contributed by atoms with Crippen molar-refractivity contribution >= 4 is 34.2 Å². The number of H-pyrrole nitrogens is 1. The molecule has 157 valence electrons. The van der Waals surface area contributed by atoms with E-state index >= 15 is 0 Å². The molecule has 3 aromatic carbocycles. The first-order valence-electron chi connectivity index (χ1n) is 9.59. The normalized spacial score (nSPS) is 11.9. The fourth-order valence-electron chi connectivity index (χ4n) is 4.10. The highest BCUT2D eigenvalue weighted by Gasteiger charge is 2.31. The van der Waals surface area contributed by atoms with E-state index in [1.165, 1.54) is 0 Å². The number of rotatable bonds is 3. The van der Waals surface area contributed by atoms with E-state index < -0.39 is 11.7 Å². The topological polar surface area (TPSA) is 20.7 Å². The second kappa shape index (κ2) is 7.82. The van der Waals surface area contributed by atoms with Crippen molar-refractivity contribution in [3.05, 3.63) is 113 Å². The molecule has 5 aromatic rings. The van der Waals surface area contributed by atoms with Gasteiger partial charge < -0.3 is 9.55 Å². The first-order chi connectivity index (χ1) is 14.4. The number of alkyl halides is 3. The fraction of sp³-hybridized carbons (Fsp3) is 0.0800. The lowest BCUT2D eigenvalue weighted by Gasteiger charge is -2.17. The Labute approximate surface area is 183 Å². The summed E-state index contributed by atoms with van der Waals surface area (Å²) in [5.41, 5.74) is 4.08. The van der Waals surface area contributed by atoms with Crippen LogP contribution in [-0.4, -0.2) is 9.55 Å². The third-order valence-corrected chi connectivity index (χ3v) is 5.53. The van der Waals surface area contributed by atoms with E-state index in [1.54, 1.807) is 12.1 Å². The highest BCUT2D eigenvalue weighted by Crippen LogP contribution is 2.40. The summed E-state index contributed by atoms with van der Waals surface area (Å²) in [4.78, 5) is 3.29. The maximum absolute atomic E-state index is 13.1. The van der Waals surface area contributed by atoms with Gasteiger partial charge in [-0.3, -0.25) is 0 Å². The highest BCUT2D eigenvalue weighted by atomic mass is 35.5. The molecule has 0 aliphatic heterocycles. The smallest absolute Gasteiger partial charge is 0.361 e. The van der Waals surface area contributed by atoms with E-state index in [0.717, 1.165) is 56.5 Å². The number of aromatic amines is 1. The molecule has 0 bridgehead atoms. The Morgan fingerprint density at radius 3 is 2.16 bits per heavy atom. The lowest BCUT2D eigenvalue weighted by Crippen LogP contribution is -2.07. The number of hydrogen-bond donors (Lipinski definition) is 1. The molecule has 0 atom stereocenters. The zero-order valence-electron chi connectivity index (χ0n) is 16.6. The van der Waals surface area contributed by atoms with Crippen LogP contribution in [0.5, 0.6) is 0 Å². The van der Waals surface area contributed by atoms with Gasteiger partial charge in [0.1, 0.15) is 0 Å². The van der Waals surface area contributed by atoms with Crippen LogP contribution >= 0.6 is 12.4 Å². The summed E-state index contributed by atoms with van der Waals surface area (Å²) >= 11 is 0. The number of benzene rings is 3. The Morgan fingerprint density at radius 1 is 0.806 bits per heavy atom. The van der Waals surface area contributed by atoms with E-state index in [1.807, 2.05) is 72.5 Å². The predicted molar refractivity (Wildman–Crippen MR) is 120 cm³/mol. The van der Waals surface area contributed by atoms with Gasteiger partial charge in [0.25, 0.3) is 0 Å². The van der Waals surface area contributed by atoms with Gasteiger partial charge >= 0.3 is 6.18 Å². The lowest BCUT2D eigenvalue weighted by atomic mass is 9.84. The van der Waals surface area contributed by atoms with E-state index in [9.17, 15) is 13.2 Å². The number of nitrogens with zero attached hydrogens (tertiary/aromatic N) is 1. The molecule has 2 nitrogen and oxygen atoms in total. The molecule has 0 aliphatic carbocycles. The molecule has 31 heavy (non-hydrogen) atoms. The first-order valence-corrected chi connectivity index (χ1v) is 9.59. The van der Waals surface area contributed by atoms with Gasteiger partial charge in [-0.05, 0) is 41.0 Å². The summed E-state index contributed by atoms with van der Waals surface area (Å²) in [5.74, 6) is 0.901. The Hall–Kier alpha value is -3.18. The summed E-state index contributed by atoms with van der Waals surface area (Å²) in [6.07, 6.45) is -0.391. The molecule has 0 saturated carbocycles. The van der Waals surface area contributed by atoms with Crippen LogP contribution in [0.4, 0.5) is 13.2 Å². The van der Waals surface area contributed by atoms with Crippen LogP contribution in [0.15, 0.2) is 85.2 Å². The van der Waals surface area contributed by atoms with E-state index in [0.29, 0.717) is 0 Å². The molecular weight excluding hydrogens is 421 g/mol. The number of aromatic nitrogens is 2. The Bertz CT molecular complexity index is 1350. The molecule has 1 radical (unpaired) electrons. The minimum atomic E-state index is -4.36. The van der Waals surface area contributed by atoms with Crippen LogP contribution in [0.2, 0.25) is 0 Å². The standard InChI is InChI=1S/C25H18F3N2.ClH/c1-30-15-21(19-7-3-5-9-23(19)30)24(16-10-12-17(13-11-16)25(26,27)28)20-14-29-22-8-4-2-6-18(20)22;/h2-15,29H,1H3;1H.